The molecule has 2 heterocycles. The van der Waals surface area contributed by atoms with Crippen molar-refractivity contribution in [2.75, 3.05) is 13.1 Å². The first-order valence-electron chi connectivity index (χ1n) is 10.8. The Balaban J connectivity index is 1.91. The summed E-state index contributed by atoms with van der Waals surface area (Å²) in [5.41, 5.74) is 4.26. The van der Waals surface area contributed by atoms with Crippen LogP contribution in [0, 0.1) is 23.2 Å². The van der Waals surface area contributed by atoms with Crippen LogP contribution in [0.4, 0.5) is 0 Å². The molecule has 0 spiro atoms. The van der Waals surface area contributed by atoms with Crippen molar-refractivity contribution in [3.8, 4) is 6.07 Å². The number of hydrogen-bond donors (Lipinski definition) is 1. The molecular formula is C25H28N4O. The first-order chi connectivity index (χ1) is 14.6. The molecule has 154 valence electrons. The lowest BCUT2D eigenvalue weighted by atomic mass is 9.66. The Bertz CT molecular complexity index is 991. The number of nitrogens with one attached hydrogen (secondary N) is 1. The summed E-state index contributed by atoms with van der Waals surface area (Å²) in [6.45, 7) is 11.7. The number of nitrogens with zero attached hydrogens (tertiary/aromatic N) is 3. The van der Waals surface area contributed by atoms with E-state index in [4.69, 9.17) is 9.97 Å². The standard InChI is InChI=1S/C25H28N4O/c1-4-6-16(5-2)22-20-8-7-19-15(3)24(30)18(14-26)13-21(19)23(20)29-25(28-22)17-9-11-27-12-10-17/h4-6,13,15,17,19,21,27H,1-2,7-12H2,3H3/b16-6+. The fraction of sp³-hybridized carbons (Fsp3) is 0.440. The van der Waals surface area contributed by atoms with Crippen molar-refractivity contribution in [2.24, 2.45) is 11.8 Å². The highest BCUT2D eigenvalue weighted by Gasteiger charge is 2.42. The summed E-state index contributed by atoms with van der Waals surface area (Å²) in [5, 5.41) is 12.9. The molecule has 1 N–H and O–H groups in total. The van der Waals surface area contributed by atoms with Crippen LogP contribution in [0.1, 0.15) is 60.8 Å². The SMILES string of the molecule is C=C/C=C(\C=C)c1nc(C2CCNCC2)nc2c1CCC1C(C)C(=O)C(C#N)=CC21. The van der Waals surface area contributed by atoms with Crippen LogP contribution in [-0.4, -0.2) is 28.8 Å². The Kier molecular flexibility index (Phi) is 5.78. The number of Topliss-reactive ketones (excluding diaryl/α,β-unsaturated/α-hetero) is 1. The lowest BCUT2D eigenvalue weighted by molar-refractivity contribution is -0.120. The maximum atomic E-state index is 12.6. The predicted molar refractivity (Wildman–Crippen MR) is 118 cm³/mol. The number of piperidine rings is 1. The van der Waals surface area contributed by atoms with Gasteiger partial charge in [-0.15, -0.1) is 0 Å². The van der Waals surface area contributed by atoms with E-state index < -0.39 is 0 Å². The van der Waals surface area contributed by atoms with Gasteiger partial charge in [0.25, 0.3) is 0 Å². The van der Waals surface area contributed by atoms with Gasteiger partial charge in [0.15, 0.2) is 5.78 Å². The number of carbonyl (C=O) groups excluding carboxylic acids is 1. The van der Waals surface area contributed by atoms with Gasteiger partial charge in [-0.1, -0.05) is 44.4 Å². The highest BCUT2D eigenvalue weighted by atomic mass is 16.1. The Morgan fingerprint density at radius 1 is 1.27 bits per heavy atom. The van der Waals surface area contributed by atoms with Gasteiger partial charge in [0.1, 0.15) is 11.9 Å². The van der Waals surface area contributed by atoms with E-state index in [9.17, 15) is 10.1 Å². The second-order valence-corrected chi connectivity index (χ2v) is 8.45. The fourth-order valence-electron chi connectivity index (χ4n) is 5.16. The van der Waals surface area contributed by atoms with Crippen LogP contribution in [0.2, 0.25) is 0 Å². The van der Waals surface area contributed by atoms with E-state index in [1.165, 1.54) is 0 Å². The molecule has 1 aliphatic heterocycles. The Morgan fingerprint density at radius 2 is 2.03 bits per heavy atom. The normalized spacial score (nSPS) is 26.8. The molecule has 3 atom stereocenters. The van der Waals surface area contributed by atoms with Crippen LogP contribution in [0.25, 0.3) is 5.57 Å². The monoisotopic (exact) mass is 400 g/mol. The number of fused-ring (bicyclic) bond motifs is 3. The summed E-state index contributed by atoms with van der Waals surface area (Å²) < 4.78 is 0. The van der Waals surface area contributed by atoms with Gasteiger partial charge in [0, 0.05) is 23.3 Å². The minimum absolute atomic E-state index is 0.0203. The van der Waals surface area contributed by atoms with Gasteiger partial charge in [-0.25, -0.2) is 9.97 Å². The van der Waals surface area contributed by atoms with E-state index in [1.54, 1.807) is 6.08 Å². The van der Waals surface area contributed by atoms with Crippen LogP contribution in [-0.2, 0) is 11.2 Å². The van der Waals surface area contributed by atoms with Crippen LogP contribution in [0.15, 0.2) is 43.0 Å². The van der Waals surface area contributed by atoms with E-state index in [0.29, 0.717) is 5.92 Å². The van der Waals surface area contributed by atoms with Crippen molar-refractivity contribution in [3.05, 3.63) is 65.8 Å². The highest BCUT2D eigenvalue weighted by molar-refractivity contribution is 6.01. The second kappa shape index (κ2) is 8.49. The maximum absolute atomic E-state index is 12.6. The van der Waals surface area contributed by atoms with Gasteiger partial charge in [0.2, 0.25) is 0 Å². The molecule has 1 saturated heterocycles. The molecule has 3 unspecified atom stereocenters. The second-order valence-electron chi connectivity index (χ2n) is 8.45. The molecule has 1 aromatic rings. The van der Waals surface area contributed by atoms with Gasteiger partial charge in [-0.3, -0.25) is 4.79 Å². The van der Waals surface area contributed by atoms with Gasteiger partial charge in [-0.2, -0.15) is 5.26 Å². The fourth-order valence-corrected chi connectivity index (χ4v) is 5.16. The number of ketones is 1. The molecule has 0 bridgehead atoms. The van der Waals surface area contributed by atoms with E-state index in [-0.39, 0.29) is 29.1 Å². The van der Waals surface area contributed by atoms with Gasteiger partial charge >= 0.3 is 0 Å². The number of aromatic nitrogens is 2. The average molecular weight is 401 g/mol. The molecule has 0 aromatic carbocycles. The first kappa shape index (κ1) is 20.4. The van der Waals surface area contributed by atoms with Crippen LogP contribution >= 0.6 is 0 Å². The molecule has 4 rings (SSSR count). The first-order valence-corrected chi connectivity index (χ1v) is 10.8. The molecule has 3 aliphatic rings. The molecule has 1 fully saturated rings. The number of nitriles is 1. The molecule has 1 aromatic heterocycles. The van der Waals surface area contributed by atoms with Gasteiger partial charge in [-0.05, 0) is 50.3 Å². The van der Waals surface area contributed by atoms with E-state index in [2.05, 4.69) is 24.5 Å². The smallest absolute Gasteiger partial charge is 0.176 e. The number of hydrogen-bond acceptors (Lipinski definition) is 5. The minimum atomic E-state index is -0.161. The summed E-state index contributed by atoms with van der Waals surface area (Å²) in [5.74, 6) is 1.15. The summed E-state index contributed by atoms with van der Waals surface area (Å²) in [7, 11) is 0. The van der Waals surface area contributed by atoms with Crippen LogP contribution in [0.5, 0.6) is 0 Å². The number of rotatable bonds is 4. The van der Waals surface area contributed by atoms with E-state index >= 15 is 0 Å². The number of allylic oxidation sites excluding steroid dienone is 6. The molecule has 2 aliphatic carbocycles. The van der Waals surface area contributed by atoms with Gasteiger partial charge in [0.05, 0.1) is 17.0 Å². The third-order valence-electron chi connectivity index (χ3n) is 6.84. The van der Waals surface area contributed by atoms with Crippen molar-refractivity contribution in [2.45, 2.75) is 44.4 Å². The summed E-state index contributed by atoms with van der Waals surface area (Å²) in [6.07, 6.45) is 11.1. The quantitative estimate of drug-likeness (QED) is 0.773. The van der Waals surface area contributed by atoms with Crippen molar-refractivity contribution in [3.63, 3.8) is 0 Å². The zero-order chi connectivity index (χ0) is 21.3. The third-order valence-corrected chi connectivity index (χ3v) is 6.84. The van der Waals surface area contributed by atoms with Crippen molar-refractivity contribution >= 4 is 11.4 Å². The Hall–Kier alpha value is -2.84. The van der Waals surface area contributed by atoms with E-state index in [0.717, 1.165) is 67.1 Å². The van der Waals surface area contributed by atoms with Crippen molar-refractivity contribution in [1.82, 2.24) is 15.3 Å². The maximum Gasteiger partial charge on any atom is 0.176 e. The zero-order valence-corrected chi connectivity index (χ0v) is 17.5. The Morgan fingerprint density at radius 3 is 2.70 bits per heavy atom. The van der Waals surface area contributed by atoms with Crippen LogP contribution < -0.4 is 5.32 Å². The molecule has 5 heteroatoms. The molecule has 0 saturated carbocycles. The van der Waals surface area contributed by atoms with Gasteiger partial charge < -0.3 is 5.32 Å². The third kappa shape index (κ3) is 3.46. The van der Waals surface area contributed by atoms with Crippen molar-refractivity contribution in [1.29, 1.82) is 5.26 Å². The van der Waals surface area contributed by atoms with Crippen molar-refractivity contribution < 1.29 is 4.79 Å². The largest absolute Gasteiger partial charge is 0.317 e. The molecular weight excluding hydrogens is 372 g/mol. The molecule has 30 heavy (non-hydrogen) atoms. The summed E-state index contributed by atoms with van der Waals surface area (Å²) in [6, 6.07) is 2.11. The summed E-state index contributed by atoms with van der Waals surface area (Å²) in [4.78, 5) is 22.7. The zero-order valence-electron chi connectivity index (χ0n) is 17.5. The molecule has 0 amide bonds. The highest BCUT2D eigenvalue weighted by Crippen LogP contribution is 2.46. The topological polar surface area (TPSA) is 78.7 Å². The average Bonchev–Trinajstić information content (AvgIpc) is 2.79. The summed E-state index contributed by atoms with van der Waals surface area (Å²) >= 11 is 0. The van der Waals surface area contributed by atoms with Crippen LogP contribution in [0.3, 0.4) is 0 Å². The lowest BCUT2D eigenvalue weighted by Crippen LogP contribution is -2.36. The Labute approximate surface area is 178 Å². The minimum Gasteiger partial charge on any atom is -0.317 e. The molecule has 0 radical (unpaired) electrons. The lowest BCUT2D eigenvalue weighted by Gasteiger charge is -2.38. The molecule has 5 nitrogen and oxygen atoms in total. The number of carbonyl (C=O) groups is 1. The predicted octanol–water partition coefficient (Wildman–Crippen LogP) is 4.01. The van der Waals surface area contributed by atoms with E-state index in [1.807, 2.05) is 25.2 Å².